The van der Waals surface area contributed by atoms with Gasteiger partial charge in [0.15, 0.2) is 5.78 Å². The van der Waals surface area contributed by atoms with Crippen LogP contribution >= 0.6 is 0 Å². The lowest BCUT2D eigenvalue weighted by Gasteiger charge is -2.25. The fourth-order valence-corrected chi connectivity index (χ4v) is 3.34. The molecule has 2 aromatic rings. The topological polar surface area (TPSA) is 70.8 Å². The summed E-state index contributed by atoms with van der Waals surface area (Å²) in [4.78, 5) is 41.8. The Labute approximate surface area is 152 Å². The number of ketones is 2. The molecule has 3 rings (SSSR count). The fraction of sp³-hybridized carbons (Fsp3) is 0.350. The maximum absolute atomic E-state index is 13.0. The molecule has 26 heavy (non-hydrogen) atoms. The largest absolute Gasteiger partial charge is 0.467 e. The Hall–Kier alpha value is -2.73. The first-order valence-corrected chi connectivity index (χ1v) is 8.63. The molecular weight excluding hydrogens is 332 g/mol. The van der Waals surface area contributed by atoms with E-state index in [-0.39, 0.29) is 5.78 Å². The van der Waals surface area contributed by atoms with Crippen molar-refractivity contribution in [2.45, 2.75) is 12.5 Å². The predicted molar refractivity (Wildman–Crippen MR) is 95.6 cm³/mol. The van der Waals surface area contributed by atoms with Crippen LogP contribution in [-0.2, 0) is 9.59 Å². The SMILES string of the molecule is CN(C)CCCN1C(=O)C(=O)C(C(=O)c2ccccc2)C1c1ccco1. The maximum Gasteiger partial charge on any atom is 0.291 e. The van der Waals surface area contributed by atoms with Gasteiger partial charge >= 0.3 is 0 Å². The van der Waals surface area contributed by atoms with E-state index in [0.29, 0.717) is 24.3 Å². The van der Waals surface area contributed by atoms with E-state index in [2.05, 4.69) is 0 Å². The molecule has 1 saturated heterocycles. The highest BCUT2D eigenvalue weighted by atomic mass is 16.3. The number of carbonyl (C=O) groups is 3. The fourth-order valence-electron chi connectivity index (χ4n) is 3.34. The Balaban J connectivity index is 1.93. The second-order valence-electron chi connectivity index (χ2n) is 6.69. The summed E-state index contributed by atoms with van der Waals surface area (Å²) in [5.41, 5.74) is 0.422. The zero-order chi connectivity index (χ0) is 18.7. The average molecular weight is 354 g/mol. The van der Waals surface area contributed by atoms with Crippen LogP contribution in [0.15, 0.2) is 53.1 Å². The van der Waals surface area contributed by atoms with Crippen molar-refractivity contribution in [2.75, 3.05) is 27.2 Å². The lowest BCUT2D eigenvalue weighted by molar-refractivity contribution is -0.140. The van der Waals surface area contributed by atoms with Gasteiger partial charge in [0.05, 0.1) is 6.26 Å². The molecule has 0 aliphatic carbocycles. The molecule has 1 aromatic heterocycles. The Morgan fingerprint density at radius 1 is 1.12 bits per heavy atom. The highest BCUT2D eigenvalue weighted by Crippen LogP contribution is 2.38. The summed E-state index contributed by atoms with van der Waals surface area (Å²) in [5.74, 6) is -2.23. The number of Topliss-reactive ketones (excluding diaryl/α,β-unsaturated/α-hetero) is 2. The molecular formula is C20H22N2O4. The number of rotatable bonds is 7. The van der Waals surface area contributed by atoms with E-state index in [1.54, 1.807) is 42.5 Å². The molecule has 0 saturated carbocycles. The van der Waals surface area contributed by atoms with Crippen LogP contribution in [0.1, 0.15) is 28.6 Å². The van der Waals surface area contributed by atoms with E-state index in [0.717, 1.165) is 6.54 Å². The summed E-state index contributed by atoms with van der Waals surface area (Å²) >= 11 is 0. The third-order valence-corrected chi connectivity index (χ3v) is 4.59. The molecule has 6 nitrogen and oxygen atoms in total. The molecule has 0 N–H and O–H groups in total. The van der Waals surface area contributed by atoms with Crippen LogP contribution in [0.2, 0.25) is 0 Å². The Bertz CT molecular complexity index is 783. The third kappa shape index (κ3) is 3.46. The van der Waals surface area contributed by atoms with Gasteiger partial charge in [-0.15, -0.1) is 0 Å². The van der Waals surface area contributed by atoms with E-state index in [9.17, 15) is 14.4 Å². The van der Waals surface area contributed by atoms with Gasteiger partial charge in [-0.05, 0) is 39.2 Å². The summed E-state index contributed by atoms with van der Waals surface area (Å²) in [5, 5.41) is 0. The number of hydrogen-bond donors (Lipinski definition) is 0. The van der Waals surface area contributed by atoms with Gasteiger partial charge in [0.1, 0.15) is 17.7 Å². The minimum Gasteiger partial charge on any atom is -0.467 e. The average Bonchev–Trinajstić information content (AvgIpc) is 3.24. The lowest BCUT2D eigenvalue weighted by Crippen LogP contribution is -2.32. The summed E-state index contributed by atoms with van der Waals surface area (Å²) < 4.78 is 5.48. The van der Waals surface area contributed by atoms with Gasteiger partial charge < -0.3 is 14.2 Å². The molecule has 1 aromatic carbocycles. The number of hydrogen-bond acceptors (Lipinski definition) is 5. The first-order chi connectivity index (χ1) is 12.5. The van der Waals surface area contributed by atoms with Crippen LogP contribution in [0.4, 0.5) is 0 Å². The van der Waals surface area contributed by atoms with Crippen molar-refractivity contribution in [3.05, 3.63) is 60.1 Å². The van der Waals surface area contributed by atoms with Gasteiger partial charge in [-0.2, -0.15) is 0 Å². The lowest BCUT2D eigenvalue weighted by atomic mass is 9.89. The standard InChI is InChI=1S/C20H22N2O4/c1-21(2)11-7-12-22-17(15-10-6-13-26-15)16(19(24)20(22)25)18(23)14-8-4-3-5-9-14/h3-6,8-10,13,16-17H,7,11-12H2,1-2H3. The Kier molecular flexibility index (Phi) is 5.32. The number of nitrogens with zero attached hydrogens (tertiary/aromatic N) is 2. The monoisotopic (exact) mass is 354 g/mol. The summed E-state index contributed by atoms with van der Waals surface area (Å²) in [6, 6.07) is 11.3. The van der Waals surface area contributed by atoms with E-state index >= 15 is 0 Å². The molecule has 6 heteroatoms. The van der Waals surface area contributed by atoms with Gasteiger partial charge in [0.25, 0.3) is 5.91 Å². The first-order valence-electron chi connectivity index (χ1n) is 8.63. The van der Waals surface area contributed by atoms with Crippen molar-refractivity contribution in [1.29, 1.82) is 0 Å². The maximum atomic E-state index is 13.0. The van der Waals surface area contributed by atoms with Crippen LogP contribution < -0.4 is 0 Å². The van der Waals surface area contributed by atoms with Crippen LogP contribution in [0.5, 0.6) is 0 Å². The van der Waals surface area contributed by atoms with E-state index in [1.807, 2.05) is 19.0 Å². The number of carbonyl (C=O) groups excluding carboxylic acids is 3. The van der Waals surface area contributed by atoms with E-state index in [1.165, 1.54) is 11.2 Å². The highest BCUT2D eigenvalue weighted by Gasteiger charge is 2.52. The van der Waals surface area contributed by atoms with E-state index in [4.69, 9.17) is 4.42 Å². The highest BCUT2D eigenvalue weighted by molar-refractivity contribution is 6.43. The van der Waals surface area contributed by atoms with Gasteiger partial charge in [0, 0.05) is 12.1 Å². The third-order valence-electron chi connectivity index (χ3n) is 4.59. The molecule has 2 heterocycles. The van der Waals surface area contributed by atoms with Crippen LogP contribution in [0.25, 0.3) is 0 Å². The summed E-state index contributed by atoms with van der Waals surface area (Å²) in [6.07, 6.45) is 2.19. The van der Waals surface area contributed by atoms with Crippen molar-refractivity contribution in [1.82, 2.24) is 9.80 Å². The second kappa shape index (κ2) is 7.66. The Morgan fingerprint density at radius 3 is 2.46 bits per heavy atom. The van der Waals surface area contributed by atoms with Crippen LogP contribution in [0.3, 0.4) is 0 Å². The molecule has 1 aliphatic heterocycles. The van der Waals surface area contributed by atoms with Gasteiger partial charge in [0.2, 0.25) is 5.78 Å². The minimum absolute atomic E-state index is 0.347. The molecule has 2 unspecified atom stereocenters. The quantitative estimate of drug-likeness (QED) is 0.433. The predicted octanol–water partition coefficient (Wildman–Crippen LogP) is 2.18. The van der Waals surface area contributed by atoms with Crippen LogP contribution in [0, 0.1) is 5.92 Å². The van der Waals surface area contributed by atoms with Gasteiger partial charge in [-0.1, -0.05) is 30.3 Å². The molecule has 0 radical (unpaired) electrons. The summed E-state index contributed by atoms with van der Waals surface area (Å²) in [6.45, 7) is 1.17. The Morgan fingerprint density at radius 2 is 1.85 bits per heavy atom. The normalized spacial score (nSPS) is 20.2. The zero-order valence-corrected chi connectivity index (χ0v) is 14.9. The van der Waals surface area contributed by atoms with Gasteiger partial charge in [-0.25, -0.2) is 0 Å². The number of amides is 1. The van der Waals surface area contributed by atoms with E-state index < -0.39 is 23.7 Å². The smallest absolute Gasteiger partial charge is 0.291 e. The molecule has 1 aliphatic rings. The molecule has 136 valence electrons. The molecule has 0 bridgehead atoms. The molecule has 0 spiro atoms. The molecule has 1 amide bonds. The van der Waals surface area contributed by atoms with Crippen molar-refractivity contribution in [3.8, 4) is 0 Å². The summed E-state index contributed by atoms with van der Waals surface area (Å²) in [7, 11) is 3.89. The number of benzene rings is 1. The van der Waals surface area contributed by atoms with Crippen LogP contribution in [-0.4, -0.2) is 54.5 Å². The van der Waals surface area contributed by atoms with Crippen molar-refractivity contribution >= 4 is 17.5 Å². The zero-order valence-electron chi connectivity index (χ0n) is 14.9. The molecule has 1 fully saturated rings. The first kappa shape index (κ1) is 18.1. The minimum atomic E-state index is -1.07. The number of likely N-dealkylation sites (tertiary alicyclic amines) is 1. The van der Waals surface area contributed by atoms with Gasteiger partial charge in [-0.3, -0.25) is 14.4 Å². The molecule has 2 atom stereocenters. The van der Waals surface area contributed by atoms with Crippen molar-refractivity contribution in [2.24, 2.45) is 5.92 Å². The number of furan rings is 1. The van der Waals surface area contributed by atoms with Crippen molar-refractivity contribution < 1.29 is 18.8 Å². The van der Waals surface area contributed by atoms with Crippen molar-refractivity contribution in [3.63, 3.8) is 0 Å². The second-order valence-corrected chi connectivity index (χ2v) is 6.69.